The smallest absolute Gasteiger partial charge is 0.328 e. The number of nitrogens with zero attached hydrogens (tertiary/aromatic N) is 1. The fraction of sp³-hybridized carbons (Fsp3) is 0. The van der Waals surface area contributed by atoms with E-state index in [4.69, 9.17) is 5.11 Å². The van der Waals surface area contributed by atoms with Crippen LogP contribution in [-0.2, 0) is 14.8 Å². The molecule has 0 radical (unpaired) electrons. The highest BCUT2D eigenvalue weighted by Gasteiger charge is 2.19. The summed E-state index contributed by atoms with van der Waals surface area (Å²) in [5, 5.41) is 14.5. The normalized spacial score (nSPS) is 11.7. The van der Waals surface area contributed by atoms with E-state index in [-0.39, 0.29) is 11.3 Å². The number of anilines is 1. The maximum atomic E-state index is 13.9. The number of carbonyl (C=O) groups is 1. The van der Waals surface area contributed by atoms with Gasteiger partial charge in [-0.1, -0.05) is 6.07 Å². The second kappa shape index (κ2) is 5.75. The Hall–Kier alpha value is -2.68. The lowest BCUT2D eigenvalue weighted by Gasteiger charge is -2.07. The number of aromatic nitrogens is 2. The molecule has 0 saturated heterocycles. The van der Waals surface area contributed by atoms with Crippen LogP contribution in [0, 0.1) is 5.82 Å². The van der Waals surface area contributed by atoms with E-state index in [1.54, 1.807) is 0 Å². The lowest BCUT2D eigenvalue weighted by atomic mass is 10.2. The van der Waals surface area contributed by atoms with E-state index in [0.717, 1.165) is 24.3 Å². The fourth-order valence-electron chi connectivity index (χ4n) is 1.52. The van der Waals surface area contributed by atoms with Crippen LogP contribution in [0.5, 0.6) is 0 Å². The number of rotatable bonds is 5. The van der Waals surface area contributed by atoms with Gasteiger partial charge in [0.05, 0.1) is 11.9 Å². The van der Waals surface area contributed by atoms with E-state index in [1.807, 2.05) is 0 Å². The molecule has 3 N–H and O–H groups in total. The molecular formula is C12H10FN3O4S. The number of carboxylic acids is 1. The minimum Gasteiger partial charge on any atom is -0.478 e. The molecule has 9 heteroatoms. The van der Waals surface area contributed by atoms with Gasteiger partial charge in [0.1, 0.15) is 10.7 Å². The molecule has 0 unspecified atom stereocenters. The zero-order valence-electron chi connectivity index (χ0n) is 10.4. The molecule has 0 fully saturated rings. The van der Waals surface area contributed by atoms with Crippen molar-refractivity contribution in [3.05, 3.63) is 48.0 Å². The highest BCUT2D eigenvalue weighted by atomic mass is 32.2. The third-order valence-corrected chi connectivity index (χ3v) is 3.83. The van der Waals surface area contributed by atoms with E-state index < -0.39 is 26.7 Å². The fourth-order valence-corrected chi connectivity index (χ4v) is 2.62. The van der Waals surface area contributed by atoms with Crippen molar-refractivity contribution < 1.29 is 22.7 Å². The van der Waals surface area contributed by atoms with Crippen molar-refractivity contribution in [1.82, 2.24) is 10.2 Å². The van der Waals surface area contributed by atoms with Gasteiger partial charge in [-0.25, -0.2) is 17.6 Å². The van der Waals surface area contributed by atoms with Crippen LogP contribution >= 0.6 is 0 Å². The molecule has 2 aromatic rings. The Labute approximate surface area is 119 Å². The molecule has 0 atom stereocenters. The first kappa shape index (κ1) is 14.7. The lowest BCUT2D eigenvalue weighted by molar-refractivity contribution is -0.131. The van der Waals surface area contributed by atoms with Crippen LogP contribution in [0.3, 0.4) is 0 Å². The molecule has 7 nitrogen and oxygen atoms in total. The maximum Gasteiger partial charge on any atom is 0.328 e. The third-order valence-electron chi connectivity index (χ3n) is 2.41. The zero-order valence-corrected chi connectivity index (χ0v) is 11.3. The summed E-state index contributed by atoms with van der Waals surface area (Å²) in [5.74, 6) is -2.17. The summed E-state index contributed by atoms with van der Waals surface area (Å²) in [6.07, 6.45) is 4.52. The van der Waals surface area contributed by atoms with E-state index in [1.165, 1.54) is 18.5 Å². The standard InChI is InChI=1S/C12H10FN3O4S/c13-10-5-8(2-4-12(17)18)1-3-11(10)21(19,20)16-9-6-14-15-7-9/h1-7,16H,(H,14,15)(H,17,18)/b4-2+. The van der Waals surface area contributed by atoms with Crippen molar-refractivity contribution in [3.8, 4) is 0 Å². The van der Waals surface area contributed by atoms with Crippen LogP contribution in [0.15, 0.2) is 41.6 Å². The highest BCUT2D eigenvalue weighted by molar-refractivity contribution is 7.92. The highest BCUT2D eigenvalue weighted by Crippen LogP contribution is 2.19. The molecule has 0 amide bonds. The first-order chi connectivity index (χ1) is 9.88. The number of benzene rings is 1. The number of halogens is 1. The van der Waals surface area contributed by atoms with Crippen molar-refractivity contribution in [3.63, 3.8) is 0 Å². The summed E-state index contributed by atoms with van der Waals surface area (Å²) in [5.41, 5.74) is 0.404. The minimum absolute atomic E-state index is 0.171. The first-order valence-corrected chi connectivity index (χ1v) is 7.09. The molecule has 0 aliphatic heterocycles. The monoisotopic (exact) mass is 311 g/mol. The van der Waals surface area contributed by atoms with Gasteiger partial charge in [0.2, 0.25) is 0 Å². The Morgan fingerprint density at radius 2 is 2.19 bits per heavy atom. The molecule has 0 aliphatic carbocycles. The van der Waals surface area contributed by atoms with Crippen LogP contribution in [0.1, 0.15) is 5.56 Å². The summed E-state index contributed by atoms with van der Waals surface area (Å²) in [6.45, 7) is 0. The topological polar surface area (TPSA) is 112 Å². The van der Waals surface area contributed by atoms with E-state index >= 15 is 0 Å². The number of aliphatic carboxylic acids is 1. The van der Waals surface area contributed by atoms with Crippen molar-refractivity contribution in [2.45, 2.75) is 4.90 Å². The molecule has 0 spiro atoms. The van der Waals surface area contributed by atoms with Gasteiger partial charge in [-0.2, -0.15) is 5.10 Å². The van der Waals surface area contributed by atoms with Gasteiger partial charge < -0.3 is 5.11 Å². The first-order valence-electron chi connectivity index (χ1n) is 5.60. The van der Waals surface area contributed by atoms with Crippen molar-refractivity contribution in [2.24, 2.45) is 0 Å². The molecular weight excluding hydrogens is 301 g/mol. The average Bonchev–Trinajstić information content (AvgIpc) is 2.88. The summed E-state index contributed by atoms with van der Waals surface area (Å²) < 4.78 is 40.0. The number of hydrogen-bond acceptors (Lipinski definition) is 4. The molecule has 1 heterocycles. The predicted molar refractivity (Wildman–Crippen MR) is 72.5 cm³/mol. The molecule has 0 bridgehead atoms. The van der Waals surface area contributed by atoms with Crippen LogP contribution in [0.2, 0.25) is 0 Å². The van der Waals surface area contributed by atoms with Gasteiger partial charge in [0, 0.05) is 12.3 Å². The Bertz CT molecular complexity index is 785. The van der Waals surface area contributed by atoms with Crippen LogP contribution in [0.4, 0.5) is 10.1 Å². The number of aromatic amines is 1. The maximum absolute atomic E-state index is 13.9. The summed E-state index contributed by atoms with van der Waals surface area (Å²) in [6, 6.07) is 3.29. The summed E-state index contributed by atoms with van der Waals surface area (Å²) in [7, 11) is -4.09. The third kappa shape index (κ3) is 3.66. The van der Waals surface area contributed by atoms with Gasteiger partial charge in [-0.3, -0.25) is 9.82 Å². The second-order valence-corrected chi connectivity index (χ2v) is 5.60. The van der Waals surface area contributed by atoms with Gasteiger partial charge in [-0.05, 0) is 23.8 Å². The van der Waals surface area contributed by atoms with Crippen molar-refractivity contribution >= 4 is 27.8 Å². The SMILES string of the molecule is O=C(O)/C=C/c1ccc(S(=O)(=O)Nc2cn[nH]c2)c(F)c1. The molecule has 1 aromatic carbocycles. The summed E-state index contributed by atoms with van der Waals surface area (Å²) >= 11 is 0. The number of carboxylic acid groups (broad SMARTS) is 1. The molecule has 110 valence electrons. The van der Waals surface area contributed by atoms with Crippen molar-refractivity contribution in [2.75, 3.05) is 4.72 Å². The molecule has 0 saturated carbocycles. The Morgan fingerprint density at radius 3 is 2.76 bits per heavy atom. The van der Waals surface area contributed by atoms with Crippen LogP contribution in [-0.4, -0.2) is 29.7 Å². The Morgan fingerprint density at radius 1 is 1.43 bits per heavy atom. The number of H-pyrrole nitrogens is 1. The molecule has 21 heavy (non-hydrogen) atoms. The molecule has 0 aliphatic rings. The number of hydrogen-bond donors (Lipinski definition) is 3. The number of nitrogens with one attached hydrogen (secondary N) is 2. The van der Waals surface area contributed by atoms with Gasteiger partial charge >= 0.3 is 5.97 Å². The second-order valence-electron chi connectivity index (χ2n) is 3.95. The zero-order chi connectivity index (χ0) is 15.5. The quantitative estimate of drug-likeness (QED) is 0.723. The van der Waals surface area contributed by atoms with E-state index in [9.17, 15) is 17.6 Å². The van der Waals surface area contributed by atoms with Gasteiger partial charge in [0.25, 0.3) is 10.0 Å². The van der Waals surface area contributed by atoms with Gasteiger partial charge in [-0.15, -0.1) is 0 Å². The average molecular weight is 311 g/mol. The van der Waals surface area contributed by atoms with Crippen molar-refractivity contribution in [1.29, 1.82) is 0 Å². The van der Waals surface area contributed by atoms with Gasteiger partial charge in [0.15, 0.2) is 0 Å². The molecule has 1 aromatic heterocycles. The Kier molecular flexibility index (Phi) is 4.03. The van der Waals surface area contributed by atoms with E-state index in [0.29, 0.717) is 0 Å². The minimum atomic E-state index is -4.09. The van der Waals surface area contributed by atoms with E-state index in [2.05, 4.69) is 14.9 Å². The van der Waals surface area contributed by atoms with Crippen LogP contribution < -0.4 is 4.72 Å². The summed E-state index contributed by atoms with van der Waals surface area (Å²) in [4.78, 5) is 9.82. The lowest BCUT2D eigenvalue weighted by Crippen LogP contribution is -2.14. The number of sulfonamides is 1. The largest absolute Gasteiger partial charge is 0.478 e. The molecule has 2 rings (SSSR count). The Balaban J connectivity index is 2.30. The predicted octanol–water partition coefficient (Wildman–Crippen LogP) is 1.45. The van der Waals surface area contributed by atoms with Crippen LogP contribution in [0.25, 0.3) is 6.08 Å².